The molecular formula is C10H11BrN4O3S. The molecular weight excluding hydrogens is 336 g/mol. The number of hydrogen-bond acceptors (Lipinski definition) is 6. The molecule has 2 aromatic rings. The summed E-state index contributed by atoms with van der Waals surface area (Å²) in [6.07, 6.45) is -0.563. The second-order valence-electron chi connectivity index (χ2n) is 3.74. The van der Waals surface area contributed by atoms with Gasteiger partial charge in [0.05, 0.1) is 27.7 Å². The van der Waals surface area contributed by atoms with Crippen LogP contribution in [0.15, 0.2) is 15.9 Å². The van der Waals surface area contributed by atoms with Crippen LogP contribution in [0.25, 0.3) is 10.7 Å². The van der Waals surface area contributed by atoms with Crippen molar-refractivity contribution in [3.63, 3.8) is 0 Å². The molecule has 1 N–H and O–H groups in total. The van der Waals surface area contributed by atoms with E-state index < -0.39 is 12.1 Å². The van der Waals surface area contributed by atoms with Crippen LogP contribution in [-0.2, 0) is 16.1 Å². The van der Waals surface area contributed by atoms with Gasteiger partial charge < -0.3 is 9.84 Å². The van der Waals surface area contributed by atoms with E-state index in [1.807, 2.05) is 12.1 Å². The molecule has 2 aromatic heterocycles. The van der Waals surface area contributed by atoms with Crippen molar-refractivity contribution in [2.75, 3.05) is 7.11 Å². The fourth-order valence-electron chi connectivity index (χ4n) is 1.55. The lowest BCUT2D eigenvalue weighted by atomic mass is 10.2. The molecule has 0 aliphatic heterocycles. The van der Waals surface area contributed by atoms with Gasteiger partial charge in [-0.25, -0.2) is 4.68 Å². The number of carboxylic acid groups (broad SMARTS) is 1. The number of aliphatic carboxylic acids is 1. The highest BCUT2D eigenvalue weighted by molar-refractivity contribution is 9.11. The third-order valence-electron chi connectivity index (χ3n) is 2.44. The Morgan fingerprint density at radius 1 is 1.63 bits per heavy atom. The number of halogens is 1. The van der Waals surface area contributed by atoms with Gasteiger partial charge >= 0.3 is 5.97 Å². The van der Waals surface area contributed by atoms with Gasteiger partial charge in [-0.2, -0.15) is 0 Å². The van der Waals surface area contributed by atoms with Gasteiger partial charge in [0, 0.05) is 7.11 Å². The van der Waals surface area contributed by atoms with Crippen LogP contribution >= 0.6 is 27.3 Å². The molecule has 0 spiro atoms. The fourth-order valence-corrected chi connectivity index (χ4v) is 2.92. The number of hydrogen-bond donors (Lipinski definition) is 1. The van der Waals surface area contributed by atoms with Crippen molar-refractivity contribution in [3.8, 4) is 10.7 Å². The molecule has 2 rings (SSSR count). The average Bonchev–Trinajstić information content (AvgIpc) is 2.96. The minimum Gasteiger partial charge on any atom is -0.481 e. The highest BCUT2D eigenvalue weighted by Crippen LogP contribution is 2.29. The number of carbonyl (C=O) groups is 1. The van der Waals surface area contributed by atoms with Gasteiger partial charge in [-0.15, -0.1) is 16.4 Å². The van der Waals surface area contributed by atoms with E-state index in [2.05, 4.69) is 31.5 Å². The Labute approximate surface area is 121 Å². The number of rotatable bonds is 6. The predicted molar refractivity (Wildman–Crippen MR) is 71.9 cm³/mol. The molecule has 0 saturated carbocycles. The molecule has 0 bridgehead atoms. The first-order valence-electron chi connectivity index (χ1n) is 5.36. The lowest BCUT2D eigenvalue weighted by Gasteiger charge is -2.13. The third kappa shape index (κ3) is 3.58. The van der Waals surface area contributed by atoms with E-state index in [4.69, 9.17) is 9.84 Å². The van der Waals surface area contributed by atoms with Crippen LogP contribution in [-0.4, -0.2) is 44.5 Å². The Hall–Kier alpha value is -1.32. The smallest absolute Gasteiger partial charge is 0.306 e. The van der Waals surface area contributed by atoms with Crippen LogP contribution in [0.1, 0.15) is 6.42 Å². The number of ether oxygens (including phenoxy) is 1. The molecule has 0 radical (unpaired) electrons. The maximum absolute atomic E-state index is 10.7. The second-order valence-corrected chi connectivity index (χ2v) is 6.21. The topological polar surface area (TPSA) is 90.1 Å². The van der Waals surface area contributed by atoms with E-state index in [0.29, 0.717) is 12.4 Å². The van der Waals surface area contributed by atoms with Crippen LogP contribution in [0.5, 0.6) is 0 Å². The summed E-state index contributed by atoms with van der Waals surface area (Å²) in [5, 5.41) is 20.2. The highest BCUT2D eigenvalue weighted by Gasteiger charge is 2.18. The molecule has 102 valence electrons. The van der Waals surface area contributed by atoms with Gasteiger partial charge in [-0.1, -0.05) is 0 Å². The van der Waals surface area contributed by atoms with Gasteiger partial charge in [0.25, 0.3) is 0 Å². The Bertz CT molecular complexity index is 571. The molecule has 1 atom stereocenters. The largest absolute Gasteiger partial charge is 0.481 e. The molecule has 0 saturated heterocycles. The van der Waals surface area contributed by atoms with Crippen LogP contribution in [0, 0.1) is 0 Å². The molecule has 0 fully saturated rings. The lowest BCUT2D eigenvalue weighted by Crippen LogP contribution is -2.23. The molecule has 9 heteroatoms. The molecule has 2 heterocycles. The molecule has 0 aliphatic rings. The van der Waals surface area contributed by atoms with Crippen molar-refractivity contribution in [2.24, 2.45) is 0 Å². The minimum absolute atomic E-state index is 0.0933. The first-order chi connectivity index (χ1) is 9.10. The summed E-state index contributed by atoms with van der Waals surface area (Å²) in [4.78, 5) is 11.6. The van der Waals surface area contributed by atoms with Crippen LogP contribution in [0.3, 0.4) is 0 Å². The van der Waals surface area contributed by atoms with Gasteiger partial charge in [0.2, 0.25) is 0 Å². The van der Waals surface area contributed by atoms with Gasteiger partial charge in [-0.3, -0.25) is 4.79 Å². The fraction of sp³-hybridized carbons (Fsp3) is 0.400. The van der Waals surface area contributed by atoms with Crippen molar-refractivity contribution in [2.45, 2.75) is 19.1 Å². The number of tetrazole rings is 1. The summed E-state index contributed by atoms with van der Waals surface area (Å²) < 4.78 is 7.66. The molecule has 7 nitrogen and oxygen atoms in total. The second kappa shape index (κ2) is 6.22. The maximum Gasteiger partial charge on any atom is 0.306 e. The number of methoxy groups -OCH3 is 1. The molecule has 19 heavy (non-hydrogen) atoms. The van der Waals surface area contributed by atoms with Crippen LogP contribution in [0.4, 0.5) is 0 Å². The van der Waals surface area contributed by atoms with E-state index in [9.17, 15) is 4.79 Å². The van der Waals surface area contributed by atoms with Crippen molar-refractivity contribution in [1.82, 2.24) is 20.2 Å². The standard InChI is InChI=1S/C10H11BrN4O3S/c1-18-6(4-9(16)17)5-15-10(12-13-14-15)7-2-3-8(11)19-7/h2-3,6H,4-5H2,1H3,(H,16,17). The van der Waals surface area contributed by atoms with Crippen molar-refractivity contribution in [1.29, 1.82) is 0 Å². The summed E-state index contributed by atoms with van der Waals surface area (Å²) in [5.74, 6) is -0.316. The summed E-state index contributed by atoms with van der Waals surface area (Å²) in [7, 11) is 1.47. The quantitative estimate of drug-likeness (QED) is 0.855. The zero-order valence-electron chi connectivity index (χ0n) is 9.99. The number of thiophene rings is 1. The number of carboxylic acids is 1. The number of nitrogens with zero attached hydrogens (tertiary/aromatic N) is 4. The normalized spacial score (nSPS) is 12.5. The monoisotopic (exact) mass is 346 g/mol. The van der Waals surface area contributed by atoms with Gasteiger partial charge in [-0.05, 0) is 38.5 Å². The van der Waals surface area contributed by atoms with Crippen molar-refractivity contribution >= 4 is 33.2 Å². The Morgan fingerprint density at radius 2 is 2.42 bits per heavy atom. The van der Waals surface area contributed by atoms with Crippen molar-refractivity contribution in [3.05, 3.63) is 15.9 Å². The lowest BCUT2D eigenvalue weighted by molar-refractivity contribution is -0.139. The average molecular weight is 347 g/mol. The molecule has 0 aromatic carbocycles. The van der Waals surface area contributed by atoms with Crippen LogP contribution in [0.2, 0.25) is 0 Å². The first kappa shape index (κ1) is 14.1. The zero-order chi connectivity index (χ0) is 13.8. The minimum atomic E-state index is -0.916. The number of aromatic nitrogens is 4. The summed E-state index contributed by atoms with van der Waals surface area (Å²) in [6, 6.07) is 3.81. The van der Waals surface area contributed by atoms with Crippen molar-refractivity contribution < 1.29 is 14.6 Å². The first-order valence-corrected chi connectivity index (χ1v) is 6.97. The van der Waals surface area contributed by atoms with E-state index in [1.165, 1.54) is 18.4 Å². The van der Waals surface area contributed by atoms with E-state index >= 15 is 0 Å². The molecule has 0 aliphatic carbocycles. The van der Waals surface area contributed by atoms with E-state index in [0.717, 1.165) is 8.66 Å². The Balaban J connectivity index is 2.17. The molecule has 0 amide bonds. The molecule has 1 unspecified atom stereocenters. The summed E-state index contributed by atoms with van der Waals surface area (Å²) in [6.45, 7) is 0.292. The SMILES string of the molecule is COC(CC(=O)O)Cn1nnnc1-c1ccc(Br)s1. The summed E-state index contributed by atoms with van der Waals surface area (Å²) >= 11 is 4.88. The zero-order valence-corrected chi connectivity index (χ0v) is 12.4. The van der Waals surface area contributed by atoms with Gasteiger partial charge in [0.1, 0.15) is 0 Å². The maximum atomic E-state index is 10.7. The highest BCUT2D eigenvalue weighted by atomic mass is 79.9. The van der Waals surface area contributed by atoms with E-state index in [1.54, 1.807) is 4.68 Å². The Morgan fingerprint density at radius 3 is 3.00 bits per heavy atom. The third-order valence-corrected chi connectivity index (χ3v) is 4.06. The predicted octanol–water partition coefficient (Wildman–Crippen LogP) is 1.65. The Kier molecular flexibility index (Phi) is 4.61. The van der Waals surface area contributed by atoms with Gasteiger partial charge in [0.15, 0.2) is 5.82 Å². The summed E-state index contributed by atoms with van der Waals surface area (Å²) in [5.41, 5.74) is 0. The van der Waals surface area contributed by atoms with E-state index in [-0.39, 0.29) is 6.42 Å². The van der Waals surface area contributed by atoms with Crippen LogP contribution < -0.4 is 0 Å².